The Labute approximate surface area is 176 Å². The van der Waals surface area contributed by atoms with E-state index in [4.69, 9.17) is 5.73 Å². The molecule has 0 saturated heterocycles. The molecule has 1 aromatic heterocycles. The summed E-state index contributed by atoms with van der Waals surface area (Å²) in [6, 6.07) is 4.28. The first-order valence-corrected chi connectivity index (χ1v) is 8.66. The van der Waals surface area contributed by atoms with Crippen LogP contribution in [0.4, 0.5) is 0 Å². The summed E-state index contributed by atoms with van der Waals surface area (Å²) < 4.78 is 0. The van der Waals surface area contributed by atoms with Gasteiger partial charge in [-0.15, -0.1) is 61.0 Å². The molecule has 0 aromatic carbocycles. The van der Waals surface area contributed by atoms with Gasteiger partial charge in [0.2, 0.25) is 0 Å². The second-order valence-electron chi connectivity index (χ2n) is 4.96. The maximum atomic E-state index is 5.43. The van der Waals surface area contributed by atoms with Crippen LogP contribution in [0.5, 0.6) is 0 Å². The van der Waals surface area contributed by atoms with Gasteiger partial charge in [-0.25, -0.2) is 0 Å². The van der Waals surface area contributed by atoms with E-state index in [-0.39, 0.29) is 49.6 Å². The molecule has 0 aliphatic heterocycles. The van der Waals surface area contributed by atoms with Crippen molar-refractivity contribution in [2.24, 2.45) is 5.73 Å². The van der Waals surface area contributed by atoms with Gasteiger partial charge in [0.1, 0.15) is 0 Å². The minimum Gasteiger partial charge on any atom is -0.330 e. The van der Waals surface area contributed by atoms with Gasteiger partial charge in [0.05, 0.1) is 0 Å². The van der Waals surface area contributed by atoms with Crippen LogP contribution in [-0.2, 0) is 6.54 Å². The van der Waals surface area contributed by atoms with Gasteiger partial charge >= 0.3 is 0 Å². The molecule has 0 spiro atoms. The summed E-state index contributed by atoms with van der Waals surface area (Å²) in [5.41, 5.74) is 5.43. The zero-order valence-corrected chi connectivity index (χ0v) is 18.2. The zero-order valence-electron chi connectivity index (χ0n) is 14.1. The molecule has 4 nitrogen and oxygen atoms in total. The molecule has 0 bridgehead atoms. The predicted molar refractivity (Wildman–Crippen MR) is 118 cm³/mol. The Hall–Kier alpha value is 0.700. The number of thiophene rings is 1. The van der Waals surface area contributed by atoms with Crippen molar-refractivity contribution in [2.45, 2.75) is 32.2 Å². The van der Waals surface area contributed by atoms with E-state index in [1.807, 2.05) is 11.3 Å². The molecule has 1 heterocycles. The van der Waals surface area contributed by atoms with Crippen molar-refractivity contribution in [1.82, 2.24) is 16.0 Å². The molecule has 0 radical (unpaired) electrons. The number of nitrogens with one attached hydrogen (secondary N) is 3. The minimum absolute atomic E-state index is 0. The van der Waals surface area contributed by atoms with Crippen molar-refractivity contribution in [1.29, 1.82) is 0 Å². The van der Waals surface area contributed by atoms with E-state index >= 15 is 0 Å². The first-order valence-electron chi connectivity index (χ1n) is 7.78. The second kappa shape index (κ2) is 25.9. The Morgan fingerprint density at radius 2 is 1.29 bits per heavy atom. The van der Waals surface area contributed by atoms with E-state index < -0.39 is 0 Å². The lowest BCUT2D eigenvalue weighted by Gasteiger charge is -2.06. The fraction of sp³-hybridized carbons (Fsp3) is 0.733. The molecule has 0 aliphatic rings. The van der Waals surface area contributed by atoms with Crippen LogP contribution < -0.4 is 21.7 Å². The molecule has 9 heteroatoms. The van der Waals surface area contributed by atoms with Crippen LogP contribution in [0.15, 0.2) is 17.5 Å². The van der Waals surface area contributed by atoms with Gasteiger partial charge in [-0.3, -0.25) is 0 Å². The summed E-state index contributed by atoms with van der Waals surface area (Å²) >= 11 is 1.82. The SMILES string of the molecule is Cl.Cl.Cl.Cl.NCCCNCCCCNCCCNCc1cccs1. The highest BCUT2D eigenvalue weighted by molar-refractivity contribution is 7.09. The molecule has 0 saturated carbocycles. The highest BCUT2D eigenvalue weighted by Gasteiger charge is 1.93. The Morgan fingerprint density at radius 3 is 1.83 bits per heavy atom. The summed E-state index contributed by atoms with van der Waals surface area (Å²) in [7, 11) is 0. The molecule has 1 aromatic rings. The van der Waals surface area contributed by atoms with Crippen molar-refractivity contribution in [2.75, 3.05) is 39.3 Å². The maximum Gasteiger partial charge on any atom is 0.0299 e. The number of hydrogen-bond donors (Lipinski definition) is 4. The van der Waals surface area contributed by atoms with Crippen molar-refractivity contribution in [3.8, 4) is 0 Å². The van der Waals surface area contributed by atoms with E-state index in [0.717, 1.165) is 52.2 Å². The molecule has 148 valence electrons. The van der Waals surface area contributed by atoms with Gasteiger partial charge in [-0.2, -0.15) is 0 Å². The van der Waals surface area contributed by atoms with Crippen LogP contribution in [0.3, 0.4) is 0 Å². The topological polar surface area (TPSA) is 62.1 Å². The van der Waals surface area contributed by atoms with Crippen molar-refractivity contribution in [3.05, 3.63) is 22.4 Å². The highest BCUT2D eigenvalue weighted by atomic mass is 35.5. The van der Waals surface area contributed by atoms with Gasteiger partial charge in [0.25, 0.3) is 0 Å². The largest absolute Gasteiger partial charge is 0.330 e. The minimum atomic E-state index is 0. The summed E-state index contributed by atoms with van der Waals surface area (Å²) in [6.07, 6.45) is 4.77. The normalized spacial score (nSPS) is 9.21. The molecular formula is C15H34Cl4N4S. The van der Waals surface area contributed by atoms with E-state index in [0.29, 0.717) is 0 Å². The first kappa shape index (κ1) is 32.4. The monoisotopic (exact) mass is 442 g/mol. The van der Waals surface area contributed by atoms with Crippen LogP contribution in [0.25, 0.3) is 0 Å². The van der Waals surface area contributed by atoms with Crippen LogP contribution >= 0.6 is 61.0 Å². The third-order valence-corrected chi connectivity index (χ3v) is 3.98. The van der Waals surface area contributed by atoms with Gasteiger partial charge in [0, 0.05) is 11.4 Å². The van der Waals surface area contributed by atoms with Gasteiger partial charge < -0.3 is 21.7 Å². The van der Waals surface area contributed by atoms with E-state index in [9.17, 15) is 0 Å². The molecule has 0 fully saturated rings. The number of rotatable bonds is 14. The Balaban J connectivity index is -0.000000500. The van der Waals surface area contributed by atoms with E-state index in [1.165, 1.54) is 24.1 Å². The second-order valence-corrected chi connectivity index (χ2v) is 5.99. The van der Waals surface area contributed by atoms with Crippen LogP contribution in [-0.4, -0.2) is 39.3 Å². The average Bonchev–Trinajstić information content (AvgIpc) is 2.97. The molecule has 0 atom stereocenters. The third-order valence-electron chi connectivity index (χ3n) is 3.10. The lowest BCUT2D eigenvalue weighted by atomic mass is 10.3. The van der Waals surface area contributed by atoms with E-state index in [1.54, 1.807) is 0 Å². The van der Waals surface area contributed by atoms with Crippen LogP contribution in [0, 0.1) is 0 Å². The fourth-order valence-corrected chi connectivity index (χ4v) is 2.61. The molecule has 0 aliphatic carbocycles. The molecule has 0 amide bonds. The Bertz CT molecular complexity index is 306. The lowest BCUT2D eigenvalue weighted by molar-refractivity contribution is 0.556. The Kier molecular flexibility index (Phi) is 35.0. The quantitative estimate of drug-likeness (QED) is 0.333. The van der Waals surface area contributed by atoms with Gasteiger partial charge in [0.15, 0.2) is 0 Å². The van der Waals surface area contributed by atoms with Gasteiger partial charge in [-0.05, 0) is 76.4 Å². The Morgan fingerprint density at radius 1 is 0.750 bits per heavy atom. The first-order chi connectivity index (χ1) is 9.93. The average molecular weight is 444 g/mol. The maximum absolute atomic E-state index is 5.43. The van der Waals surface area contributed by atoms with E-state index in [2.05, 4.69) is 33.5 Å². The van der Waals surface area contributed by atoms with Crippen molar-refractivity contribution >= 4 is 61.0 Å². The van der Waals surface area contributed by atoms with Crippen LogP contribution in [0.2, 0.25) is 0 Å². The highest BCUT2D eigenvalue weighted by Crippen LogP contribution is 2.06. The van der Waals surface area contributed by atoms with Crippen molar-refractivity contribution < 1.29 is 0 Å². The summed E-state index contributed by atoms with van der Waals surface area (Å²) in [6.45, 7) is 7.29. The fourth-order valence-electron chi connectivity index (χ4n) is 1.94. The standard InChI is InChI=1S/C15H30N4S.4ClH/c16-7-4-10-17-8-1-2-9-18-11-5-12-19-14-15-6-3-13-20-15;;;;/h3,6,13,17-19H,1-2,4-5,7-12,14,16H2;4*1H. The number of nitrogens with two attached hydrogens (primary N) is 1. The number of unbranched alkanes of at least 4 members (excludes halogenated alkanes) is 1. The smallest absolute Gasteiger partial charge is 0.0299 e. The summed E-state index contributed by atoms with van der Waals surface area (Å²) in [5, 5.41) is 12.5. The molecule has 0 unspecified atom stereocenters. The summed E-state index contributed by atoms with van der Waals surface area (Å²) in [5.74, 6) is 0. The van der Waals surface area contributed by atoms with Crippen molar-refractivity contribution in [3.63, 3.8) is 0 Å². The molecule has 24 heavy (non-hydrogen) atoms. The predicted octanol–water partition coefficient (Wildman–Crippen LogP) is 3.22. The lowest BCUT2D eigenvalue weighted by Crippen LogP contribution is -2.23. The van der Waals surface area contributed by atoms with Crippen LogP contribution in [0.1, 0.15) is 30.6 Å². The van der Waals surface area contributed by atoms with Gasteiger partial charge in [-0.1, -0.05) is 6.07 Å². The molecule has 5 N–H and O–H groups in total. The number of halogens is 4. The third kappa shape index (κ3) is 20.7. The summed E-state index contributed by atoms with van der Waals surface area (Å²) in [4.78, 5) is 1.42. The number of hydrogen-bond acceptors (Lipinski definition) is 5. The molecule has 1 rings (SSSR count). The zero-order chi connectivity index (χ0) is 14.3. The molecular weight excluding hydrogens is 410 g/mol.